The summed E-state index contributed by atoms with van der Waals surface area (Å²) in [6, 6.07) is 3.24. The first-order chi connectivity index (χ1) is 10.8. The first-order valence-corrected chi connectivity index (χ1v) is 7.91. The Bertz CT molecular complexity index is 735. The molecule has 4 rings (SSSR count). The first-order valence-electron chi connectivity index (χ1n) is 7.91. The van der Waals surface area contributed by atoms with Crippen molar-refractivity contribution in [3.8, 4) is 0 Å². The van der Waals surface area contributed by atoms with Crippen LogP contribution < -0.4 is 10.5 Å². The Morgan fingerprint density at radius 3 is 2.91 bits per heavy atom. The summed E-state index contributed by atoms with van der Waals surface area (Å²) >= 11 is 0. The van der Waals surface area contributed by atoms with Gasteiger partial charge in [-0.3, -0.25) is 4.79 Å². The Labute approximate surface area is 128 Å². The van der Waals surface area contributed by atoms with E-state index in [0.29, 0.717) is 12.5 Å². The molecule has 6 nitrogen and oxygen atoms in total. The van der Waals surface area contributed by atoms with E-state index in [2.05, 4.69) is 20.0 Å². The molecule has 0 atom stereocenters. The third-order valence-electron chi connectivity index (χ3n) is 4.58. The van der Waals surface area contributed by atoms with E-state index in [-0.39, 0.29) is 5.56 Å². The van der Waals surface area contributed by atoms with Gasteiger partial charge in [-0.1, -0.05) is 0 Å². The summed E-state index contributed by atoms with van der Waals surface area (Å²) < 4.78 is 1.55. The molecule has 114 valence electrons. The topological polar surface area (TPSA) is 63.9 Å². The van der Waals surface area contributed by atoms with E-state index in [9.17, 15) is 4.79 Å². The Morgan fingerprint density at radius 1 is 1.18 bits per heavy atom. The average Bonchev–Trinajstić information content (AvgIpc) is 2.52. The highest BCUT2D eigenvalue weighted by molar-refractivity contribution is 5.51. The molecular formula is C16H19N5O. The molecule has 0 radical (unpaired) electrons. The zero-order valence-corrected chi connectivity index (χ0v) is 12.5. The molecule has 0 N–H and O–H groups in total. The number of aryl methyl sites for hydroxylation is 1. The Kier molecular flexibility index (Phi) is 3.36. The predicted molar refractivity (Wildman–Crippen MR) is 82.9 cm³/mol. The lowest BCUT2D eigenvalue weighted by molar-refractivity contribution is 0.332. The van der Waals surface area contributed by atoms with Gasteiger partial charge in [0, 0.05) is 42.5 Å². The SMILES string of the molecule is O=c1cccnn1CC1CN(c2ncnc3c2CCCC3)C1. The van der Waals surface area contributed by atoms with E-state index in [1.807, 2.05) is 0 Å². The molecule has 0 spiro atoms. The first kappa shape index (κ1) is 13.4. The van der Waals surface area contributed by atoms with E-state index in [1.54, 1.807) is 29.3 Å². The minimum atomic E-state index is -0.0274. The largest absolute Gasteiger partial charge is 0.355 e. The zero-order valence-electron chi connectivity index (χ0n) is 12.5. The summed E-state index contributed by atoms with van der Waals surface area (Å²) in [6.07, 6.45) is 7.98. The smallest absolute Gasteiger partial charge is 0.266 e. The van der Waals surface area contributed by atoms with Crippen molar-refractivity contribution in [1.29, 1.82) is 0 Å². The third kappa shape index (κ3) is 2.38. The minimum absolute atomic E-state index is 0.0274. The molecule has 1 fully saturated rings. The summed E-state index contributed by atoms with van der Waals surface area (Å²) in [5.41, 5.74) is 2.53. The lowest BCUT2D eigenvalue weighted by Gasteiger charge is -2.41. The van der Waals surface area contributed by atoms with Crippen LogP contribution in [0, 0.1) is 5.92 Å². The number of fused-ring (bicyclic) bond motifs is 1. The van der Waals surface area contributed by atoms with Crippen LogP contribution in [0.4, 0.5) is 5.82 Å². The predicted octanol–water partition coefficient (Wildman–Crippen LogP) is 1.05. The molecular weight excluding hydrogens is 278 g/mol. The number of hydrogen-bond acceptors (Lipinski definition) is 5. The maximum Gasteiger partial charge on any atom is 0.266 e. The fraction of sp³-hybridized carbons (Fsp3) is 0.500. The van der Waals surface area contributed by atoms with Crippen molar-refractivity contribution in [2.24, 2.45) is 5.92 Å². The summed E-state index contributed by atoms with van der Waals surface area (Å²) in [7, 11) is 0. The van der Waals surface area contributed by atoms with Gasteiger partial charge in [0.05, 0.1) is 6.54 Å². The van der Waals surface area contributed by atoms with Crippen LogP contribution in [-0.2, 0) is 19.4 Å². The van der Waals surface area contributed by atoms with Gasteiger partial charge in [0.1, 0.15) is 12.1 Å². The van der Waals surface area contributed by atoms with Crippen molar-refractivity contribution < 1.29 is 0 Å². The summed E-state index contributed by atoms with van der Waals surface area (Å²) in [4.78, 5) is 22.9. The van der Waals surface area contributed by atoms with Crippen molar-refractivity contribution in [2.45, 2.75) is 32.2 Å². The number of rotatable bonds is 3. The van der Waals surface area contributed by atoms with Crippen LogP contribution in [-0.4, -0.2) is 32.8 Å². The van der Waals surface area contributed by atoms with E-state index < -0.39 is 0 Å². The summed E-state index contributed by atoms with van der Waals surface area (Å²) in [5, 5.41) is 4.13. The van der Waals surface area contributed by atoms with Crippen LogP contribution in [0.3, 0.4) is 0 Å². The van der Waals surface area contributed by atoms with Gasteiger partial charge in [-0.15, -0.1) is 0 Å². The van der Waals surface area contributed by atoms with Gasteiger partial charge in [-0.05, 0) is 31.7 Å². The monoisotopic (exact) mass is 297 g/mol. The molecule has 2 aromatic heterocycles. The van der Waals surface area contributed by atoms with E-state index >= 15 is 0 Å². The highest BCUT2D eigenvalue weighted by Crippen LogP contribution is 2.31. The van der Waals surface area contributed by atoms with Gasteiger partial charge in [0.25, 0.3) is 5.56 Å². The number of anilines is 1. The number of nitrogens with zero attached hydrogens (tertiary/aromatic N) is 5. The lowest BCUT2D eigenvalue weighted by atomic mass is 9.93. The maximum absolute atomic E-state index is 11.7. The summed E-state index contributed by atoms with van der Waals surface area (Å²) in [5.74, 6) is 1.57. The fourth-order valence-corrected chi connectivity index (χ4v) is 3.40. The van der Waals surface area contributed by atoms with E-state index in [1.165, 1.54) is 24.1 Å². The minimum Gasteiger partial charge on any atom is -0.355 e. The number of hydrogen-bond donors (Lipinski definition) is 0. The molecule has 2 aromatic rings. The standard InChI is InChI=1S/C16H19N5O/c22-15-6-3-7-19-21(15)10-12-8-20(9-12)16-13-4-1-2-5-14(13)17-11-18-16/h3,6-7,11-12H,1-2,4-5,8-10H2. The van der Waals surface area contributed by atoms with E-state index in [4.69, 9.17) is 0 Å². The van der Waals surface area contributed by atoms with Gasteiger partial charge in [-0.2, -0.15) is 5.10 Å². The Morgan fingerprint density at radius 2 is 2.05 bits per heavy atom. The molecule has 1 aliphatic heterocycles. The van der Waals surface area contributed by atoms with Gasteiger partial charge in [-0.25, -0.2) is 14.6 Å². The molecule has 0 saturated carbocycles. The molecule has 3 heterocycles. The molecule has 0 unspecified atom stereocenters. The van der Waals surface area contributed by atoms with Crippen molar-refractivity contribution in [2.75, 3.05) is 18.0 Å². The Hall–Kier alpha value is -2.24. The highest BCUT2D eigenvalue weighted by atomic mass is 16.1. The second-order valence-corrected chi connectivity index (χ2v) is 6.14. The van der Waals surface area contributed by atoms with Crippen LogP contribution in [0.2, 0.25) is 0 Å². The maximum atomic E-state index is 11.7. The molecule has 22 heavy (non-hydrogen) atoms. The van der Waals surface area contributed by atoms with Crippen LogP contribution in [0.15, 0.2) is 29.5 Å². The van der Waals surface area contributed by atoms with Crippen molar-refractivity contribution in [3.05, 3.63) is 46.3 Å². The molecule has 6 heteroatoms. The third-order valence-corrected chi connectivity index (χ3v) is 4.58. The van der Waals surface area contributed by atoms with Gasteiger partial charge >= 0.3 is 0 Å². The average molecular weight is 297 g/mol. The van der Waals surface area contributed by atoms with Crippen LogP contribution in [0.1, 0.15) is 24.1 Å². The number of aromatic nitrogens is 4. The second-order valence-electron chi connectivity index (χ2n) is 6.14. The highest BCUT2D eigenvalue weighted by Gasteiger charge is 2.31. The summed E-state index contributed by atoms with van der Waals surface area (Å²) in [6.45, 7) is 2.56. The molecule has 1 saturated heterocycles. The van der Waals surface area contributed by atoms with Crippen molar-refractivity contribution >= 4 is 5.82 Å². The zero-order chi connectivity index (χ0) is 14.9. The fourth-order valence-electron chi connectivity index (χ4n) is 3.40. The van der Waals surface area contributed by atoms with Gasteiger partial charge in [0.2, 0.25) is 0 Å². The van der Waals surface area contributed by atoms with Crippen LogP contribution in [0.25, 0.3) is 0 Å². The van der Waals surface area contributed by atoms with Crippen molar-refractivity contribution in [3.63, 3.8) is 0 Å². The van der Waals surface area contributed by atoms with Gasteiger partial charge < -0.3 is 4.90 Å². The molecule has 1 aliphatic carbocycles. The lowest BCUT2D eigenvalue weighted by Crippen LogP contribution is -2.50. The van der Waals surface area contributed by atoms with Crippen LogP contribution >= 0.6 is 0 Å². The van der Waals surface area contributed by atoms with Crippen LogP contribution in [0.5, 0.6) is 0 Å². The molecule has 0 aromatic carbocycles. The Balaban J connectivity index is 1.46. The van der Waals surface area contributed by atoms with E-state index in [0.717, 1.165) is 31.7 Å². The molecule has 2 aliphatic rings. The van der Waals surface area contributed by atoms with Crippen molar-refractivity contribution in [1.82, 2.24) is 19.7 Å². The normalized spacial score (nSPS) is 17.9. The van der Waals surface area contributed by atoms with Gasteiger partial charge in [0.15, 0.2) is 0 Å². The second kappa shape index (κ2) is 5.51. The molecule has 0 bridgehead atoms. The molecule has 0 amide bonds. The quantitative estimate of drug-likeness (QED) is 0.847.